The van der Waals surface area contributed by atoms with E-state index in [4.69, 9.17) is 0 Å². The molecule has 2 rings (SSSR count). The quantitative estimate of drug-likeness (QED) is 0.821. The summed E-state index contributed by atoms with van der Waals surface area (Å²) in [6.07, 6.45) is 0.903. The molecule has 5 heteroatoms. The predicted octanol–water partition coefficient (Wildman–Crippen LogP) is 2.87. The SMILES string of the molecule is CC[C@H](CNC(=O)CNC(=O)c1cccc(F)c1)c1ccccc1. The van der Waals surface area contributed by atoms with E-state index < -0.39 is 11.7 Å². The zero-order valence-electron chi connectivity index (χ0n) is 13.6. The summed E-state index contributed by atoms with van der Waals surface area (Å²) in [4.78, 5) is 23.8. The van der Waals surface area contributed by atoms with Gasteiger partial charge in [-0.05, 0) is 30.2 Å². The third-order valence-electron chi connectivity index (χ3n) is 3.81. The van der Waals surface area contributed by atoms with Crippen molar-refractivity contribution in [2.24, 2.45) is 0 Å². The number of rotatable bonds is 7. The molecule has 1 atom stereocenters. The summed E-state index contributed by atoms with van der Waals surface area (Å²) >= 11 is 0. The Morgan fingerprint density at radius 1 is 1.04 bits per heavy atom. The summed E-state index contributed by atoms with van der Waals surface area (Å²) in [7, 11) is 0. The van der Waals surface area contributed by atoms with E-state index in [0.717, 1.165) is 12.5 Å². The molecule has 0 bridgehead atoms. The van der Waals surface area contributed by atoms with Gasteiger partial charge in [0, 0.05) is 18.0 Å². The number of hydrogen-bond donors (Lipinski definition) is 2. The van der Waals surface area contributed by atoms with Crippen molar-refractivity contribution in [2.45, 2.75) is 19.3 Å². The van der Waals surface area contributed by atoms with Crippen LogP contribution in [0.15, 0.2) is 54.6 Å². The predicted molar refractivity (Wildman–Crippen MR) is 91.2 cm³/mol. The fourth-order valence-corrected chi connectivity index (χ4v) is 2.41. The van der Waals surface area contributed by atoms with Crippen LogP contribution in [0, 0.1) is 5.82 Å². The fourth-order valence-electron chi connectivity index (χ4n) is 2.41. The highest BCUT2D eigenvalue weighted by Gasteiger charge is 2.12. The van der Waals surface area contributed by atoms with E-state index in [1.54, 1.807) is 0 Å². The van der Waals surface area contributed by atoms with Crippen LogP contribution in [0.3, 0.4) is 0 Å². The summed E-state index contributed by atoms with van der Waals surface area (Å²) in [6.45, 7) is 2.44. The van der Waals surface area contributed by atoms with Gasteiger partial charge in [0.25, 0.3) is 5.91 Å². The number of hydrogen-bond acceptors (Lipinski definition) is 2. The van der Waals surface area contributed by atoms with Crippen LogP contribution >= 0.6 is 0 Å². The van der Waals surface area contributed by atoms with Gasteiger partial charge in [-0.3, -0.25) is 9.59 Å². The van der Waals surface area contributed by atoms with Crippen molar-refractivity contribution in [3.63, 3.8) is 0 Å². The van der Waals surface area contributed by atoms with Gasteiger partial charge >= 0.3 is 0 Å². The lowest BCUT2D eigenvalue weighted by molar-refractivity contribution is -0.120. The molecule has 0 fully saturated rings. The molecular formula is C19H21FN2O2. The third kappa shape index (κ3) is 5.19. The zero-order valence-corrected chi connectivity index (χ0v) is 13.6. The molecule has 4 nitrogen and oxygen atoms in total. The maximum atomic E-state index is 13.1. The van der Waals surface area contributed by atoms with Crippen LogP contribution in [0.25, 0.3) is 0 Å². The van der Waals surface area contributed by atoms with Crippen molar-refractivity contribution in [1.82, 2.24) is 10.6 Å². The van der Waals surface area contributed by atoms with Gasteiger partial charge in [-0.15, -0.1) is 0 Å². The van der Waals surface area contributed by atoms with E-state index in [2.05, 4.69) is 17.6 Å². The topological polar surface area (TPSA) is 58.2 Å². The van der Waals surface area contributed by atoms with E-state index in [0.29, 0.717) is 6.54 Å². The summed E-state index contributed by atoms with van der Waals surface area (Å²) in [6, 6.07) is 15.3. The molecule has 2 aromatic carbocycles. The molecule has 126 valence electrons. The molecule has 2 aromatic rings. The molecule has 2 N–H and O–H groups in total. The molecule has 0 aliphatic rings. The van der Waals surface area contributed by atoms with Gasteiger partial charge in [0.1, 0.15) is 5.82 Å². The third-order valence-corrected chi connectivity index (χ3v) is 3.81. The lowest BCUT2D eigenvalue weighted by Crippen LogP contribution is -2.38. The first kappa shape index (κ1) is 17.7. The highest BCUT2D eigenvalue weighted by molar-refractivity contribution is 5.96. The van der Waals surface area contributed by atoms with Crippen LogP contribution in [0.2, 0.25) is 0 Å². The first-order valence-corrected chi connectivity index (χ1v) is 7.95. The van der Waals surface area contributed by atoms with Crippen LogP contribution in [-0.2, 0) is 4.79 Å². The number of carbonyl (C=O) groups excluding carboxylic acids is 2. The first-order chi connectivity index (χ1) is 11.6. The Morgan fingerprint density at radius 3 is 2.46 bits per heavy atom. The van der Waals surface area contributed by atoms with Crippen molar-refractivity contribution in [3.05, 3.63) is 71.5 Å². The van der Waals surface area contributed by atoms with Gasteiger partial charge in [0.05, 0.1) is 6.54 Å². The monoisotopic (exact) mass is 328 g/mol. The Kier molecular flexibility index (Phi) is 6.49. The van der Waals surface area contributed by atoms with E-state index in [9.17, 15) is 14.0 Å². The largest absolute Gasteiger partial charge is 0.354 e. The summed E-state index contributed by atoms with van der Waals surface area (Å²) in [5.74, 6) is -0.997. The van der Waals surface area contributed by atoms with Crippen molar-refractivity contribution in [1.29, 1.82) is 0 Å². The zero-order chi connectivity index (χ0) is 17.4. The van der Waals surface area contributed by atoms with Gasteiger partial charge < -0.3 is 10.6 Å². The molecular weight excluding hydrogens is 307 g/mol. The van der Waals surface area contributed by atoms with Gasteiger partial charge in [-0.2, -0.15) is 0 Å². The number of halogens is 1. The Bertz CT molecular complexity index is 689. The molecule has 0 unspecified atom stereocenters. The molecule has 24 heavy (non-hydrogen) atoms. The van der Waals surface area contributed by atoms with Crippen molar-refractivity contribution in [3.8, 4) is 0 Å². The fraction of sp³-hybridized carbons (Fsp3) is 0.263. The Hall–Kier alpha value is -2.69. The molecule has 0 radical (unpaired) electrons. The van der Waals surface area contributed by atoms with Gasteiger partial charge in [0.2, 0.25) is 5.91 Å². The second-order valence-electron chi connectivity index (χ2n) is 5.51. The normalized spacial score (nSPS) is 11.6. The molecule has 0 aliphatic heterocycles. The standard InChI is InChI=1S/C19H21FN2O2/c1-2-14(15-7-4-3-5-8-15)12-21-18(23)13-22-19(24)16-9-6-10-17(20)11-16/h3-11,14H,2,12-13H2,1H3,(H,21,23)(H,22,24)/t14-/m1/s1. The molecule has 0 aliphatic carbocycles. The number of nitrogens with one attached hydrogen (secondary N) is 2. The maximum Gasteiger partial charge on any atom is 0.251 e. The van der Waals surface area contributed by atoms with Crippen molar-refractivity contribution in [2.75, 3.05) is 13.1 Å². The van der Waals surface area contributed by atoms with Crippen LogP contribution in [0.1, 0.15) is 35.2 Å². The average Bonchev–Trinajstić information content (AvgIpc) is 2.61. The molecule has 0 spiro atoms. The van der Waals surface area contributed by atoms with Gasteiger partial charge in [-0.1, -0.05) is 43.3 Å². The van der Waals surface area contributed by atoms with Crippen molar-refractivity contribution < 1.29 is 14.0 Å². The molecule has 0 aromatic heterocycles. The molecule has 0 heterocycles. The Balaban J connectivity index is 1.80. The second kappa shape index (κ2) is 8.82. The minimum absolute atomic E-state index is 0.138. The number of amides is 2. The summed E-state index contributed by atoms with van der Waals surface area (Å²) in [5, 5.41) is 5.31. The number of benzene rings is 2. The van der Waals surface area contributed by atoms with Crippen LogP contribution in [-0.4, -0.2) is 24.9 Å². The van der Waals surface area contributed by atoms with E-state index in [-0.39, 0.29) is 23.9 Å². The van der Waals surface area contributed by atoms with Crippen LogP contribution < -0.4 is 10.6 Å². The summed E-state index contributed by atoms with van der Waals surface area (Å²) < 4.78 is 13.1. The molecule has 0 saturated carbocycles. The smallest absolute Gasteiger partial charge is 0.251 e. The van der Waals surface area contributed by atoms with E-state index in [1.165, 1.54) is 23.8 Å². The lowest BCUT2D eigenvalue weighted by atomic mass is 9.96. The van der Waals surface area contributed by atoms with E-state index in [1.807, 2.05) is 30.3 Å². The minimum Gasteiger partial charge on any atom is -0.354 e. The van der Waals surface area contributed by atoms with Gasteiger partial charge in [0.15, 0.2) is 0 Å². The van der Waals surface area contributed by atoms with Crippen LogP contribution in [0.4, 0.5) is 4.39 Å². The average molecular weight is 328 g/mol. The Morgan fingerprint density at radius 2 is 1.79 bits per heavy atom. The molecule has 2 amide bonds. The van der Waals surface area contributed by atoms with E-state index >= 15 is 0 Å². The highest BCUT2D eigenvalue weighted by Crippen LogP contribution is 2.17. The second-order valence-corrected chi connectivity index (χ2v) is 5.51. The Labute approximate surface area is 141 Å². The van der Waals surface area contributed by atoms with Gasteiger partial charge in [-0.25, -0.2) is 4.39 Å². The van der Waals surface area contributed by atoms with Crippen LogP contribution in [0.5, 0.6) is 0 Å². The maximum absolute atomic E-state index is 13.1. The number of carbonyl (C=O) groups is 2. The molecule has 0 saturated heterocycles. The summed E-state index contributed by atoms with van der Waals surface area (Å²) in [5.41, 5.74) is 1.36. The van der Waals surface area contributed by atoms with Crippen molar-refractivity contribution >= 4 is 11.8 Å². The highest BCUT2D eigenvalue weighted by atomic mass is 19.1. The lowest BCUT2D eigenvalue weighted by Gasteiger charge is -2.16. The minimum atomic E-state index is -0.485. The first-order valence-electron chi connectivity index (χ1n) is 7.95.